The quantitative estimate of drug-likeness (QED) is 0.599. The number of benzene rings is 1. The van der Waals surface area contributed by atoms with Crippen LogP contribution in [-0.4, -0.2) is 37.8 Å². The van der Waals surface area contributed by atoms with Crippen molar-refractivity contribution in [2.75, 3.05) is 17.5 Å². The average molecular weight is 394 g/mol. The van der Waals surface area contributed by atoms with Crippen LogP contribution in [0.25, 0.3) is 0 Å². The smallest absolute Gasteiger partial charge is 0.266 e. The van der Waals surface area contributed by atoms with Crippen molar-refractivity contribution in [2.45, 2.75) is 17.6 Å². The highest BCUT2D eigenvalue weighted by atomic mass is 32.2. The van der Waals surface area contributed by atoms with Crippen molar-refractivity contribution in [3.05, 3.63) is 66.1 Å². The topological polar surface area (TPSA) is 92.9 Å². The third kappa shape index (κ3) is 4.50. The molecule has 0 fully saturated rings. The number of ether oxygens (including phenoxy) is 1. The van der Waals surface area contributed by atoms with E-state index in [4.69, 9.17) is 9.15 Å². The first-order valence-electron chi connectivity index (χ1n) is 7.83. The van der Waals surface area contributed by atoms with Crippen molar-refractivity contribution in [3.8, 4) is 0 Å². The Kier molecular flexibility index (Phi) is 6.04. The minimum Gasteiger partial charge on any atom is -0.467 e. The lowest BCUT2D eigenvalue weighted by molar-refractivity contribution is 0.0269. The molecular weight excluding hydrogens is 376 g/mol. The molecule has 0 saturated carbocycles. The number of thiazole rings is 1. The predicted octanol–water partition coefficient (Wildman–Crippen LogP) is 2.51. The summed E-state index contributed by atoms with van der Waals surface area (Å²) in [6.07, 6.45) is 2.03. The third-order valence-corrected chi connectivity index (χ3v) is 6.16. The molecule has 9 heteroatoms. The van der Waals surface area contributed by atoms with Gasteiger partial charge in [0.2, 0.25) is 0 Å². The van der Waals surface area contributed by atoms with Crippen molar-refractivity contribution in [1.82, 2.24) is 4.98 Å². The number of aliphatic hydroxyl groups is 1. The Labute approximate surface area is 155 Å². The second-order valence-electron chi connectivity index (χ2n) is 5.41. The van der Waals surface area contributed by atoms with Gasteiger partial charge in [-0.15, -0.1) is 11.3 Å². The molecule has 0 aliphatic rings. The molecule has 0 aliphatic carbocycles. The summed E-state index contributed by atoms with van der Waals surface area (Å²) < 4.78 is 37.6. The molecule has 1 N–H and O–H groups in total. The number of hydrogen-bond donors (Lipinski definition) is 1. The van der Waals surface area contributed by atoms with Crippen LogP contribution >= 0.6 is 11.3 Å². The van der Waals surface area contributed by atoms with Crippen LogP contribution in [0.1, 0.15) is 5.76 Å². The Hall–Kier alpha value is -2.20. The van der Waals surface area contributed by atoms with Crippen molar-refractivity contribution in [3.63, 3.8) is 0 Å². The normalized spacial score (nSPS) is 12.8. The summed E-state index contributed by atoms with van der Waals surface area (Å²) in [5, 5.41) is 12.2. The van der Waals surface area contributed by atoms with Crippen LogP contribution in [0.5, 0.6) is 0 Å². The van der Waals surface area contributed by atoms with E-state index in [2.05, 4.69) is 4.98 Å². The molecule has 2 aromatic heterocycles. The molecule has 0 spiro atoms. The largest absolute Gasteiger partial charge is 0.467 e. The van der Waals surface area contributed by atoms with Gasteiger partial charge in [0.05, 0.1) is 30.4 Å². The molecule has 1 unspecified atom stereocenters. The second kappa shape index (κ2) is 8.45. The first-order valence-corrected chi connectivity index (χ1v) is 10.1. The van der Waals surface area contributed by atoms with Gasteiger partial charge in [-0.3, -0.25) is 0 Å². The van der Waals surface area contributed by atoms with E-state index in [1.807, 2.05) is 0 Å². The minimum atomic E-state index is -3.84. The van der Waals surface area contributed by atoms with Gasteiger partial charge in [-0.05, 0) is 24.3 Å². The summed E-state index contributed by atoms with van der Waals surface area (Å²) in [5.74, 6) is 0.630. The van der Waals surface area contributed by atoms with Gasteiger partial charge >= 0.3 is 0 Å². The van der Waals surface area contributed by atoms with E-state index < -0.39 is 16.1 Å². The Morgan fingerprint density at radius 3 is 2.69 bits per heavy atom. The fraction of sp³-hybridized carbons (Fsp3) is 0.235. The summed E-state index contributed by atoms with van der Waals surface area (Å²) in [6, 6.07) is 11.6. The Bertz CT molecular complexity index is 881. The zero-order valence-corrected chi connectivity index (χ0v) is 15.4. The maximum Gasteiger partial charge on any atom is 0.266 e. The monoisotopic (exact) mass is 394 g/mol. The number of nitrogens with zero attached hydrogens (tertiary/aromatic N) is 2. The van der Waals surface area contributed by atoms with Crippen LogP contribution in [0.15, 0.2) is 69.6 Å². The van der Waals surface area contributed by atoms with Crippen LogP contribution in [0.2, 0.25) is 0 Å². The molecule has 26 heavy (non-hydrogen) atoms. The van der Waals surface area contributed by atoms with Gasteiger partial charge in [-0.25, -0.2) is 17.7 Å². The zero-order valence-electron chi connectivity index (χ0n) is 13.8. The summed E-state index contributed by atoms with van der Waals surface area (Å²) >= 11 is 1.19. The summed E-state index contributed by atoms with van der Waals surface area (Å²) in [6.45, 7) is 0.00251. The van der Waals surface area contributed by atoms with E-state index in [-0.39, 0.29) is 24.7 Å². The van der Waals surface area contributed by atoms with E-state index in [9.17, 15) is 13.5 Å². The van der Waals surface area contributed by atoms with E-state index in [0.29, 0.717) is 10.9 Å². The lowest BCUT2D eigenvalue weighted by Gasteiger charge is -2.24. The minimum absolute atomic E-state index is 0.0348. The number of aromatic nitrogens is 1. The number of rotatable bonds is 9. The maximum atomic E-state index is 13.0. The van der Waals surface area contributed by atoms with Gasteiger partial charge in [0, 0.05) is 11.6 Å². The van der Waals surface area contributed by atoms with Gasteiger partial charge in [-0.1, -0.05) is 18.2 Å². The highest BCUT2D eigenvalue weighted by Gasteiger charge is 2.28. The molecule has 7 nitrogen and oxygen atoms in total. The molecule has 0 amide bonds. The molecule has 3 rings (SSSR count). The molecular formula is C17H18N2O5S2. The fourth-order valence-electron chi connectivity index (χ4n) is 2.27. The van der Waals surface area contributed by atoms with Gasteiger partial charge in [-0.2, -0.15) is 0 Å². The highest BCUT2D eigenvalue weighted by Crippen LogP contribution is 2.25. The molecule has 0 aliphatic heterocycles. The van der Waals surface area contributed by atoms with Crippen molar-refractivity contribution >= 4 is 26.5 Å². The highest BCUT2D eigenvalue weighted by molar-refractivity contribution is 7.93. The second-order valence-corrected chi connectivity index (χ2v) is 8.15. The van der Waals surface area contributed by atoms with Gasteiger partial charge < -0.3 is 14.3 Å². The summed E-state index contributed by atoms with van der Waals surface area (Å²) in [7, 11) is -3.84. The van der Waals surface area contributed by atoms with Gasteiger partial charge in [0.25, 0.3) is 10.0 Å². The van der Waals surface area contributed by atoms with Gasteiger partial charge in [0.1, 0.15) is 12.4 Å². The van der Waals surface area contributed by atoms with Crippen molar-refractivity contribution < 1.29 is 22.7 Å². The molecule has 0 saturated heterocycles. The summed E-state index contributed by atoms with van der Waals surface area (Å²) in [5.41, 5.74) is 0. The molecule has 2 heterocycles. The first-order chi connectivity index (χ1) is 12.6. The molecule has 138 valence electrons. The van der Waals surface area contributed by atoms with E-state index in [0.717, 1.165) is 4.31 Å². The first kappa shape index (κ1) is 18.6. The standard InChI is InChI=1S/C17H18N2O5S2/c20-14(12-23-13-15-5-4-9-24-15)11-19(17-18-8-10-25-17)26(21,22)16-6-2-1-3-7-16/h1-10,14,20H,11-13H2. The van der Waals surface area contributed by atoms with Crippen molar-refractivity contribution in [1.29, 1.82) is 0 Å². The number of furan rings is 1. The number of sulfonamides is 1. The lowest BCUT2D eigenvalue weighted by Crippen LogP contribution is -2.39. The van der Waals surface area contributed by atoms with Crippen molar-refractivity contribution in [2.24, 2.45) is 0 Å². The molecule has 0 radical (unpaired) electrons. The fourth-order valence-corrected chi connectivity index (χ4v) is 4.63. The number of anilines is 1. The van der Waals surface area contributed by atoms with Crippen LogP contribution in [0.4, 0.5) is 5.13 Å². The molecule has 1 aromatic carbocycles. The van der Waals surface area contributed by atoms with Crippen LogP contribution in [0, 0.1) is 0 Å². The SMILES string of the molecule is O=S(=O)(c1ccccc1)N(CC(O)COCc1ccco1)c1nccs1. The lowest BCUT2D eigenvalue weighted by atomic mass is 10.4. The molecule has 1 atom stereocenters. The molecule has 3 aromatic rings. The Balaban J connectivity index is 1.71. The number of hydrogen-bond acceptors (Lipinski definition) is 7. The van der Waals surface area contributed by atoms with E-state index >= 15 is 0 Å². The van der Waals surface area contributed by atoms with E-state index in [1.54, 1.807) is 35.7 Å². The molecule has 0 bridgehead atoms. The van der Waals surface area contributed by atoms with Crippen LogP contribution < -0.4 is 4.31 Å². The predicted molar refractivity (Wildman–Crippen MR) is 97.5 cm³/mol. The zero-order chi connectivity index (χ0) is 18.4. The average Bonchev–Trinajstić information content (AvgIpc) is 3.34. The third-order valence-electron chi connectivity index (χ3n) is 3.48. The summed E-state index contributed by atoms with van der Waals surface area (Å²) in [4.78, 5) is 4.22. The Morgan fingerprint density at radius 2 is 2.04 bits per heavy atom. The maximum absolute atomic E-state index is 13.0. The van der Waals surface area contributed by atoms with Crippen LogP contribution in [-0.2, 0) is 21.4 Å². The number of aliphatic hydroxyl groups excluding tert-OH is 1. The van der Waals surface area contributed by atoms with Crippen LogP contribution in [0.3, 0.4) is 0 Å². The Morgan fingerprint density at radius 1 is 1.23 bits per heavy atom. The van der Waals surface area contributed by atoms with Gasteiger partial charge in [0.15, 0.2) is 5.13 Å². The van der Waals surface area contributed by atoms with E-state index in [1.165, 1.54) is 35.9 Å².